The summed E-state index contributed by atoms with van der Waals surface area (Å²) in [7, 11) is -1.16. The molecule has 7 nitrogen and oxygen atoms in total. The third-order valence-corrected chi connectivity index (χ3v) is 4.09. The Morgan fingerprint density at radius 1 is 1.63 bits per heavy atom. The Morgan fingerprint density at radius 2 is 2.32 bits per heavy atom. The average molecular weight is 281 g/mol. The second kappa shape index (κ2) is 6.35. The number of ether oxygens (including phenoxy) is 1. The minimum atomic E-state index is -1.49. The summed E-state index contributed by atoms with van der Waals surface area (Å²) in [4.78, 5) is 14.3. The molecule has 1 N–H and O–H groups in total. The standard InChI is InChI=1S/C11H18N4O3Si/c1-19(2,3)5-4-18-8-15-7-13-9(6-12)10(15)14-11(16)17/h7,14H,4-5,8H2,1-3H3,(H,16,17)/p-1. The molecule has 0 aliphatic carbocycles. The molecule has 0 unspecified atom stereocenters. The van der Waals surface area contributed by atoms with E-state index in [4.69, 9.17) is 10.00 Å². The van der Waals surface area contributed by atoms with Gasteiger partial charge in [-0.05, 0) is 6.04 Å². The van der Waals surface area contributed by atoms with Gasteiger partial charge >= 0.3 is 0 Å². The van der Waals surface area contributed by atoms with E-state index in [0.29, 0.717) is 6.61 Å². The highest BCUT2D eigenvalue weighted by molar-refractivity contribution is 6.76. The van der Waals surface area contributed by atoms with Crippen LogP contribution < -0.4 is 10.4 Å². The van der Waals surface area contributed by atoms with Gasteiger partial charge in [0.25, 0.3) is 0 Å². The van der Waals surface area contributed by atoms with Gasteiger partial charge in [0.15, 0.2) is 11.5 Å². The van der Waals surface area contributed by atoms with Crippen LogP contribution in [0.15, 0.2) is 6.33 Å². The third kappa shape index (κ3) is 5.11. The van der Waals surface area contributed by atoms with Crippen LogP contribution in [0.1, 0.15) is 5.69 Å². The maximum Gasteiger partial charge on any atom is 0.183 e. The molecule has 1 aromatic heterocycles. The fraction of sp³-hybridized carbons (Fsp3) is 0.545. The van der Waals surface area contributed by atoms with Crippen LogP contribution in [0, 0.1) is 11.3 Å². The Kier molecular flexibility index (Phi) is 5.08. The zero-order valence-electron chi connectivity index (χ0n) is 11.3. The molecule has 0 spiro atoms. The van der Waals surface area contributed by atoms with Gasteiger partial charge in [0.2, 0.25) is 0 Å². The molecule has 0 radical (unpaired) electrons. The second-order valence-corrected chi connectivity index (χ2v) is 10.9. The summed E-state index contributed by atoms with van der Waals surface area (Å²) in [6, 6.07) is 2.81. The van der Waals surface area contributed by atoms with Gasteiger partial charge in [-0.15, -0.1) is 0 Å². The van der Waals surface area contributed by atoms with Gasteiger partial charge in [-0.1, -0.05) is 19.6 Å². The van der Waals surface area contributed by atoms with Crippen LogP contribution in [-0.4, -0.2) is 30.3 Å². The van der Waals surface area contributed by atoms with Crippen LogP contribution in [0.2, 0.25) is 25.7 Å². The van der Waals surface area contributed by atoms with E-state index in [1.165, 1.54) is 10.9 Å². The summed E-state index contributed by atoms with van der Waals surface area (Å²) in [5.41, 5.74) is -0.00186. The zero-order chi connectivity index (χ0) is 14.5. The van der Waals surface area contributed by atoms with Gasteiger partial charge in [-0.25, -0.2) is 4.98 Å². The first-order valence-electron chi connectivity index (χ1n) is 5.84. The van der Waals surface area contributed by atoms with Gasteiger partial charge in [0, 0.05) is 14.7 Å². The quantitative estimate of drug-likeness (QED) is 0.614. The fourth-order valence-corrected chi connectivity index (χ4v) is 2.09. The van der Waals surface area contributed by atoms with Gasteiger partial charge < -0.3 is 20.0 Å². The number of rotatable bonds is 6. The summed E-state index contributed by atoms with van der Waals surface area (Å²) in [5.74, 6) is 0.0792. The Bertz CT molecular complexity index is 487. The molecular weight excluding hydrogens is 264 g/mol. The number of anilines is 1. The number of aromatic nitrogens is 2. The van der Waals surface area contributed by atoms with E-state index in [1.807, 2.05) is 5.32 Å². The Morgan fingerprint density at radius 3 is 2.84 bits per heavy atom. The molecule has 1 heterocycles. The molecule has 19 heavy (non-hydrogen) atoms. The van der Waals surface area contributed by atoms with Crippen molar-refractivity contribution in [2.24, 2.45) is 0 Å². The summed E-state index contributed by atoms with van der Waals surface area (Å²) < 4.78 is 6.90. The predicted molar refractivity (Wildman–Crippen MR) is 70.1 cm³/mol. The molecule has 0 fully saturated rings. The first-order chi connectivity index (χ1) is 8.83. The van der Waals surface area contributed by atoms with Crippen LogP contribution in [0.4, 0.5) is 10.6 Å². The highest BCUT2D eigenvalue weighted by Crippen LogP contribution is 2.14. The number of nitriles is 1. The first kappa shape index (κ1) is 15.2. The van der Waals surface area contributed by atoms with E-state index in [0.717, 1.165) is 6.04 Å². The van der Waals surface area contributed by atoms with Gasteiger partial charge in [-0.2, -0.15) is 5.26 Å². The zero-order valence-corrected chi connectivity index (χ0v) is 12.3. The van der Waals surface area contributed by atoms with Gasteiger partial charge in [0.1, 0.15) is 18.9 Å². The van der Waals surface area contributed by atoms with E-state index < -0.39 is 14.2 Å². The maximum absolute atomic E-state index is 10.5. The summed E-state index contributed by atoms with van der Waals surface area (Å²) in [5, 5.41) is 21.4. The molecule has 1 rings (SSSR count). The fourth-order valence-electron chi connectivity index (χ4n) is 1.33. The highest BCUT2D eigenvalue weighted by atomic mass is 28.3. The minimum Gasteiger partial charge on any atom is -0.530 e. The van der Waals surface area contributed by atoms with E-state index in [2.05, 4.69) is 24.6 Å². The van der Waals surface area contributed by atoms with Gasteiger partial charge in [0.05, 0.1) is 6.33 Å². The smallest absolute Gasteiger partial charge is 0.183 e. The van der Waals surface area contributed by atoms with Crippen LogP contribution in [0.5, 0.6) is 0 Å². The monoisotopic (exact) mass is 281 g/mol. The molecule has 0 aliphatic heterocycles. The maximum atomic E-state index is 10.5. The second-order valence-electron chi connectivity index (χ2n) is 5.28. The van der Waals surface area contributed by atoms with E-state index >= 15 is 0 Å². The van der Waals surface area contributed by atoms with Crippen molar-refractivity contribution in [1.82, 2.24) is 9.55 Å². The molecule has 8 heteroatoms. The van der Waals surface area contributed by atoms with Crippen molar-refractivity contribution >= 4 is 20.0 Å². The van der Waals surface area contributed by atoms with E-state index in [-0.39, 0.29) is 18.2 Å². The van der Waals surface area contributed by atoms with Gasteiger partial charge in [-0.3, -0.25) is 4.57 Å². The van der Waals surface area contributed by atoms with Crippen molar-refractivity contribution in [3.63, 3.8) is 0 Å². The molecule has 0 aromatic carbocycles. The molecule has 0 saturated heterocycles. The molecule has 1 amide bonds. The molecule has 1 aromatic rings. The molecule has 0 aliphatic rings. The number of nitrogens with zero attached hydrogens (tertiary/aromatic N) is 3. The Balaban J connectivity index is 2.61. The number of carbonyl (C=O) groups excluding carboxylic acids is 1. The predicted octanol–water partition coefficient (Wildman–Crippen LogP) is 0.822. The number of hydrogen-bond acceptors (Lipinski definition) is 5. The Labute approximate surface area is 112 Å². The lowest BCUT2D eigenvalue weighted by atomic mass is 10.5. The van der Waals surface area contributed by atoms with Crippen LogP contribution in [-0.2, 0) is 11.5 Å². The summed E-state index contributed by atoms with van der Waals surface area (Å²) >= 11 is 0. The minimum absolute atomic E-state index is 0.00186. The number of carbonyl (C=O) groups is 1. The molecule has 0 atom stereocenters. The average Bonchev–Trinajstić information content (AvgIpc) is 2.65. The summed E-state index contributed by atoms with van der Waals surface area (Å²) in [6.07, 6.45) is -0.126. The van der Waals surface area contributed by atoms with Crippen molar-refractivity contribution < 1.29 is 14.6 Å². The van der Waals surface area contributed by atoms with Crippen molar-refractivity contribution in [3.05, 3.63) is 12.0 Å². The third-order valence-electron chi connectivity index (χ3n) is 2.39. The van der Waals surface area contributed by atoms with E-state index in [9.17, 15) is 9.90 Å². The lowest BCUT2D eigenvalue weighted by Crippen LogP contribution is -2.30. The lowest BCUT2D eigenvalue weighted by molar-refractivity contribution is -0.242. The van der Waals surface area contributed by atoms with Crippen molar-refractivity contribution in [3.8, 4) is 6.07 Å². The molecule has 0 saturated carbocycles. The number of hydrogen-bond donors (Lipinski definition) is 1. The molecule has 0 bridgehead atoms. The number of imidazole rings is 1. The van der Waals surface area contributed by atoms with Crippen LogP contribution in [0.3, 0.4) is 0 Å². The molecule has 104 valence electrons. The topological polar surface area (TPSA) is 103 Å². The Hall–Kier alpha value is -1.85. The number of nitrogens with one attached hydrogen (secondary N) is 1. The van der Waals surface area contributed by atoms with E-state index in [1.54, 1.807) is 6.07 Å². The highest BCUT2D eigenvalue weighted by Gasteiger charge is 2.13. The normalized spacial score (nSPS) is 11.1. The lowest BCUT2D eigenvalue weighted by Gasteiger charge is -2.16. The summed E-state index contributed by atoms with van der Waals surface area (Å²) in [6.45, 7) is 7.47. The van der Waals surface area contributed by atoms with Crippen molar-refractivity contribution in [1.29, 1.82) is 5.26 Å². The first-order valence-corrected chi connectivity index (χ1v) is 9.55. The van der Waals surface area contributed by atoms with Crippen molar-refractivity contribution in [2.45, 2.75) is 32.4 Å². The van der Waals surface area contributed by atoms with Crippen LogP contribution >= 0.6 is 0 Å². The SMILES string of the molecule is C[Si](C)(C)CCOCn1cnc(C#N)c1NC(=O)[O-]. The number of amides is 1. The largest absolute Gasteiger partial charge is 0.530 e. The molecular formula is C11H17N4O3Si-. The van der Waals surface area contributed by atoms with Crippen LogP contribution in [0.25, 0.3) is 0 Å². The van der Waals surface area contributed by atoms with Crippen molar-refractivity contribution in [2.75, 3.05) is 11.9 Å². The number of carboxylic acid groups (broad SMARTS) is 1.